The third-order valence-corrected chi connectivity index (χ3v) is 6.31. The summed E-state index contributed by atoms with van der Waals surface area (Å²) in [6, 6.07) is 30.1. The highest BCUT2D eigenvalue weighted by molar-refractivity contribution is 5.94. The van der Waals surface area contributed by atoms with Gasteiger partial charge in [0.15, 0.2) is 0 Å². The number of aromatic hydroxyl groups is 1. The van der Waals surface area contributed by atoms with E-state index in [4.69, 9.17) is 14.2 Å². The number of rotatable bonds is 10. The first-order valence-electron chi connectivity index (χ1n) is 12.2. The van der Waals surface area contributed by atoms with Crippen molar-refractivity contribution in [1.82, 2.24) is 0 Å². The van der Waals surface area contributed by atoms with Crippen LogP contribution in [-0.4, -0.2) is 24.4 Å². The summed E-state index contributed by atoms with van der Waals surface area (Å²) in [7, 11) is 3.20. The van der Waals surface area contributed by atoms with Gasteiger partial charge in [0, 0.05) is 5.56 Å². The zero-order chi connectivity index (χ0) is 26.2. The first-order chi connectivity index (χ1) is 18.0. The number of aliphatic hydroxyl groups excluding tert-OH is 1. The summed E-state index contributed by atoms with van der Waals surface area (Å²) < 4.78 is 16.8. The molecule has 0 aliphatic rings. The molecule has 2 N–H and O–H groups in total. The molecule has 5 heteroatoms. The molecule has 4 rings (SSSR count). The van der Waals surface area contributed by atoms with Crippen molar-refractivity contribution in [3.8, 4) is 23.0 Å². The molecule has 0 aliphatic carbocycles. The molecule has 0 saturated carbocycles. The summed E-state index contributed by atoms with van der Waals surface area (Å²) in [5.74, 6) is 2.14. The zero-order valence-electron chi connectivity index (χ0n) is 21.3. The van der Waals surface area contributed by atoms with Gasteiger partial charge in [0.1, 0.15) is 35.7 Å². The fourth-order valence-electron chi connectivity index (χ4n) is 4.35. The molecule has 190 valence electrons. The maximum Gasteiger partial charge on any atom is 0.123 e. The Labute approximate surface area is 218 Å². The van der Waals surface area contributed by atoms with Crippen LogP contribution in [-0.2, 0) is 6.61 Å². The first-order valence-corrected chi connectivity index (χ1v) is 12.2. The number of allylic oxidation sites excluding steroid dienone is 1. The summed E-state index contributed by atoms with van der Waals surface area (Å²) in [5.41, 5.74) is 4.69. The number of phenolic OH excluding ortho intramolecular Hbond substituents is 1. The summed E-state index contributed by atoms with van der Waals surface area (Å²) in [6.07, 6.45) is -0.390. The second-order valence-corrected chi connectivity index (χ2v) is 8.61. The minimum Gasteiger partial charge on any atom is -0.507 e. The molecule has 5 nitrogen and oxygen atoms in total. The van der Waals surface area contributed by atoms with Crippen molar-refractivity contribution in [2.24, 2.45) is 0 Å². The lowest BCUT2D eigenvalue weighted by molar-refractivity contribution is 0.238. The van der Waals surface area contributed by atoms with Crippen LogP contribution in [0, 0.1) is 0 Å². The van der Waals surface area contributed by atoms with E-state index < -0.39 is 6.10 Å². The van der Waals surface area contributed by atoms with E-state index in [1.165, 1.54) is 0 Å². The van der Waals surface area contributed by atoms with Crippen molar-refractivity contribution >= 4 is 11.1 Å². The highest BCUT2D eigenvalue weighted by Gasteiger charge is 2.23. The predicted molar refractivity (Wildman–Crippen MR) is 147 cm³/mol. The molecule has 0 bridgehead atoms. The van der Waals surface area contributed by atoms with Crippen LogP contribution in [0.2, 0.25) is 0 Å². The van der Waals surface area contributed by atoms with Gasteiger partial charge in [0.25, 0.3) is 0 Å². The fraction of sp³-hybridized carbons (Fsp3) is 0.188. The van der Waals surface area contributed by atoms with E-state index in [2.05, 4.69) is 0 Å². The van der Waals surface area contributed by atoms with Crippen molar-refractivity contribution in [2.75, 3.05) is 14.2 Å². The third kappa shape index (κ3) is 6.13. The minimum atomic E-state index is -0.962. The highest BCUT2D eigenvalue weighted by Crippen LogP contribution is 2.42. The summed E-state index contributed by atoms with van der Waals surface area (Å²) in [6.45, 7) is 2.47. The molecule has 37 heavy (non-hydrogen) atoms. The van der Waals surface area contributed by atoms with Gasteiger partial charge >= 0.3 is 0 Å². The van der Waals surface area contributed by atoms with Gasteiger partial charge in [-0.2, -0.15) is 0 Å². The van der Waals surface area contributed by atoms with E-state index in [1.807, 2.05) is 85.8 Å². The molecular formula is C32H32O5. The van der Waals surface area contributed by atoms with Crippen LogP contribution in [0.1, 0.15) is 41.7 Å². The topological polar surface area (TPSA) is 68.2 Å². The van der Waals surface area contributed by atoms with Gasteiger partial charge in [0.05, 0.1) is 14.2 Å². The van der Waals surface area contributed by atoms with Crippen LogP contribution >= 0.6 is 0 Å². The normalized spacial score (nSPS) is 12.4. The van der Waals surface area contributed by atoms with Crippen molar-refractivity contribution in [3.63, 3.8) is 0 Å². The van der Waals surface area contributed by atoms with E-state index >= 15 is 0 Å². The Bertz CT molecular complexity index is 1340. The molecule has 0 radical (unpaired) electrons. The predicted octanol–water partition coefficient (Wildman–Crippen LogP) is 7.04. The molecule has 1 atom stereocenters. The lowest BCUT2D eigenvalue weighted by atomic mass is 9.86. The minimum absolute atomic E-state index is 0.120. The van der Waals surface area contributed by atoms with E-state index in [0.29, 0.717) is 47.0 Å². The Hall–Kier alpha value is -4.22. The second-order valence-electron chi connectivity index (χ2n) is 8.61. The fourth-order valence-corrected chi connectivity index (χ4v) is 4.35. The number of benzene rings is 4. The monoisotopic (exact) mass is 496 g/mol. The standard InChI is InChI=1S/C32H32O5/c1-4-28(29-20-27(36-3)17-18-30(29)33)31(24-11-8-12-26(19-24)35-2)32(34)23-13-15-25(16-14-23)37-21-22-9-6-5-7-10-22/h5-20,32-34H,4,21H2,1-3H3. The van der Waals surface area contributed by atoms with Crippen LogP contribution < -0.4 is 14.2 Å². The molecule has 0 amide bonds. The molecule has 0 aromatic heterocycles. The van der Waals surface area contributed by atoms with Crippen molar-refractivity contribution in [1.29, 1.82) is 0 Å². The maximum absolute atomic E-state index is 11.7. The maximum atomic E-state index is 11.7. The van der Waals surface area contributed by atoms with Crippen LogP contribution in [0.25, 0.3) is 11.1 Å². The number of methoxy groups -OCH3 is 2. The molecule has 0 fully saturated rings. The quantitative estimate of drug-likeness (QED) is 0.230. The van der Waals surface area contributed by atoms with Gasteiger partial charge < -0.3 is 24.4 Å². The Balaban J connectivity index is 1.74. The van der Waals surface area contributed by atoms with Crippen LogP contribution in [0.5, 0.6) is 23.0 Å². The number of phenols is 1. The van der Waals surface area contributed by atoms with Gasteiger partial charge in [-0.15, -0.1) is 0 Å². The molecule has 4 aromatic rings. The Morgan fingerprint density at radius 2 is 1.43 bits per heavy atom. The summed E-state index contributed by atoms with van der Waals surface area (Å²) in [4.78, 5) is 0. The van der Waals surface area contributed by atoms with Crippen molar-refractivity contribution < 1.29 is 24.4 Å². The summed E-state index contributed by atoms with van der Waals surface area (Å²) >= 11 is 0. The molecule has 4 aromatic carbocycles. The van der Waals surface area contributed by atoms with Crippen LogP contribution in [0.4, 0.5) is 0 Å². The van der Waals surface area contributed by atoms with Crippen LogP contribution in [0.15, 0.2) is 97.1 Å². The van der Waals surface area contributed by atoms with Gasteiger partial charge in [-0.05, 0) is 76.7 Å². The van der Waals surface area contributed by atoms with Gasteiger partial charge in [-0.25, -0.2) is 0 Å². The number of hydrogen-bond donors (Lipinski definition) is 2. The van der Waals surface area contributed by atoms with Gasteiger partial charge in [-0.1, -0.05) is 61.5 Å². The second kappa shape index (κ2) is 12.2. The Kier molecular flexibility index (Phi) is 8.49. The average molecular weight is 497 g/mol. The third-order valence-electron chi connectivity index (χ3n) is 6.31. The number of hydrogen-bond acceptors (Lipinski definition) is 5. The molecule has 0 spiro atoms. The molecular weight excluding hydrogens is 464 g/mol. The zero-order valence-corrected chi connectivity index (χ0v) is 21.3. The number of ether oxygens (including phenoxy) is 3. The average Bonchev–Trinajstić information content (AvgIpc) is 2.95. The number of aliphatic hydroxyl groups is 1. The van der Waals surface area contributed by atoms with Gasteiger partial charge in [0.2, 0.25) is 0 Å². The van der Waals surface area contributed by atoms with Crippen molar-refractivity contribution in [2.45, 2.75) is 26.1 Å². The largest absolute Gasteiger partial charge is 0.507 e. The van der Waals surface area contributed by atoms with Crippen molar-refractivity contribution in [3.05, 3.63) is 119 Å². The Morgan fingerprint density at radius 3 is 2.11 bits per heavy atom. The molecule has 1 unspecified atom stereocenters. The van der Waals surface area contributed by atoms with Gasteiger partial charge in [-0.3, -0.25) is 0 Å². The summed E-state index contributed by atoms with van der Waals surface area (Å²) in [5, 5.41) is 22.5. The lowest BCUT2D eigenvalue weighted by Gasteiger charge is -2.22. The lowest BCUT2D eigenvalue weighted by Crippen LogP contribution is -2.05. The van der Waals surface area contributed by atoms with E-state index in [1.54, 1.807) is 32.4 Å². The Morgan fingerprint density at radius 1 is 0.757 bits per heavy atom. The molecule has 0 heterocycles. The molecule has 0 aliphatic heterocycles. The van der Waals surface area contributed by atoms with E-state index in [9.17, 15) is 10.2 Å². The van der Waals surface area contributed by atoms with Crippen LogP contribution in [0.3, 0.4) is 0 Å². The smallest absolute Gasteiger partial charge is 0.123 e. The van der Waals surface area contributed by atoms with E-state index in [-0.39, 0.29) is 5.75 Å². The SMILES string of the molecule is CCC(=C(c1cccc(OC)c1)C(O)c1ccc(OCc2ccccc2)cc1)c1cc(OC)ccc1O. The molecule has 0 saturated heterocycles. The van der Waals surface area contributed by atoms with E-state index in [0.717, 1.165) is 16.7 Å². The first kappa shape index (κ1) is 25.9. The highest BCUT2D eigenvalue weighted by atomic mass is 16.5.